The van der Waals surface area contributed by atoms with E-state index < -0.39 is 20.2 Å². The van der Waals surface area contributed by atoms with Gasteiger partial charge in [-0.15, -0.1) is 23.5 Å². The van der Waals surface area contributed by atoms with Crippen LogP contribution in [0.3, 0.4) is 0 Å². The summed E-state index contributed by atoms with van der Waals surface area (Å²) in [6.45, 7) is 3.49. The molecule has 3 aromatic rings. The highest BCUT2D eigenvalue weighted by Gasteiger charge is 2.17. The van der Waals surface area contributed by atoms with Crippen molar-refractivity contribution in [1.29, 1.82) is 10.5 Å². The van der Waals surface area contributed by atoms with E-state index in [-0.39, 0.29) is 45.6 Å². The van der Waals surface area contributed by atoms with E-state index in [1.54, 1.807) is 36.4 Å². The molecule has 0 aliphatic rings. The van der Waals surface area contributed by atoms with Crippen LogP contribution in [0.2, 0.25) is 0 Å². The number of nitrogens with zero attached hydrogens (tertiary/aromatic N) is 2. The maximum Gasteiger partial charge on any atom is 0.296 e. The van der Waals surface area contributed by atoms with Crippen LogP contribution in [0.5, 0.6) is 0 Å². The number of hydrogen-bond donors (Lipinski definition) is 0. The summed E-state index contributed by atoms with van der Waals surface area (Å²) in [5.74, 6) is 0.515. The van der Waals surface area contributed by atoms with Crippen molar-refractivity contribution in [3.63, 3.8) is 0 Å². The molecule has 0 N–H and O–H groups in total. The summed E-state index contributed by atoms with van der Waals surface area (Å²) < 4.78 is 59.9. The Balaban J connectivity index is 1.63. The van der Waals surface area contributed by atoms with Gasteiger partial charge in [0.25, 0.3) is 20.2 Å². The lowest BCUT2D eigenvalue weighted by molar-refractivity contribution is 0.340. The van der Waals surface area contributed by atoms with Gasteiger partial charge in [-0.3, -0.25) is 8.37 Å². The molecule has 0 saturated heterocycles. The van der Waals surface area contributed by atoms with E-state index in [2.05, 4.69) is 0 Å². The Hall–Kier alpha value is -2.84. The predicted molar refractivity (Wildman–Crippen MR) is 146 cm³/mol. The molecule has 0 saturated carbocycles. The third kappa shape index (κ3) is 8.08. The smallest absolute Gasteiger partial charge is 0.265 e. The van der Waals surface area contributed by atoms with Gasteiger partial charge < -0.3 is 0 Å². The van der Waals surface area contributed by atoms with Crippen molar-refractivity contribution in [2.75, 3.05) is 24.7 Å². The lowest BCUT2D eigenvalue weighted by Crippen LogP contribution is -2.09. The molecule has 3 rings (SSSR count). The molecule has 198 valence electrons. The molecule has 3 aromatic carbocycles. The van der Waals surface area contributed by atoms with Crippen LogP contribution in [0.4, 0.5) is 0 Å². The van der Waals surface area contributed by atoms with Gasteiger partial charge in [0, 0.05) is 21.3 Å². The maximum absolute atomic E-state index is 12.4. The fraction of sp³-hybridized carbons (Fsp3) is 0.231. The summed E-state index contributed by atoms with van der Waals surface area (Å²) in [6.07, 6.45) is 0. The second-order valence-corrected chi connectivity index (χ2v) is 13.4. The molecule has 0 aromatic heterocycles. The molecule has 0 unspecified atom stereocenters. The second kappa shape index (κ2) is 13.3. The van der Waals surface area contributed by atoms with Crippen LogP contribution in [0.1, 0.15) is 22.3 Å². The Labute approximate surface area is 231 Å². The Bertz CT molecular complexity index is 1450. The van der Waals surface area contributed by atoms with Gasteiger partial charge in [-0.25, -0.2) is 0 Å². The SMILES string of the molecule is Cc1ccc(S(=O)(=O)OCCSc2cc(C#N)c(C#N)cc2SCCOS(=O)(=O)c2ccc(C)cc2)cc1. The largest absolute Gasteiger partial charge is 0.296 e. The summed E-state index contributed by atoms with van der Waals surface area (Å²) >= 11 is 2.53. The minimum atomic E-state index is -3.91. The van der Waals surface area contributed by atoms with E-state index in [0.717, 1.165) is 11.1 Å². The lowest BCUT2D eigenvalue weighted by atomic mass is 10.1. The number of nitriles is 2. The molecule has 0 radical (unpaired) electrons. The Morgan fingerprint density at radius 3 is 1.32 bits per heavy atom. The minimum absolute atomic E-state index is 0.0649. The van der Waals surface area contributed by atoms with E-state index in [1.807, 2.05) is 26.0 Å². The molecular weight excluding hydrogens is 565 g/mol. The minimum Gasteiger partial charge on any atom is -0.265 e. The first-order chi connectivity index (χ1) is 18.1. The van der Waals surface area contributed by atoms with Crippen LogP contribution in [-0.2, 0) is 28.6 Å². The first-order valence-corrected chi connectivity index (χ1v) is 16.0. The van der Waals surface area contributed by atoms with Crippen molar-refractivity contribution < 1.29 is 25.2 Å². The third-order valence-electron chi connectivity index (χ3n) is 5.10. The van der Waals surface area contributed by atoms with Crippen molar-refractivity contribution in [1.82, 2.24) is 0 Å². The van der Waals surface area contributed by atoms with Crippen molar-refractivity contribution in [3.8, 4) is 12.1 Å². The highest BCUT2D eigenvalue weighted by atomic mass is 32.2. The van der Waals surface area contributed by atoms with Gasteiger partial charge in [-0.05, 0) is 50.2 Å². The monoisotopic (exact) mass is 588 g/mol. The molecule has 0 bridgehead atoms. The van der Waals surface area contributed by atoms with E-state index in [9.17, 15) is 27.4 Å². The molecule has 12 heteroatoms. The Kier molecular flexibility index (Phi) is 10.4. The molecule has 8 nitrogen and oxygen atoms in total. The molecular formula is C26H24N2O6S4. The molecule has 0 spiro atoms. The van der Waals surface area contributed by atoms with Gasteiger partial charge >= 0.3 is 0 Å². The zero-order chi connectivity index (χ0) is 27.8. The van der Waals surface area contributed by atoms with Crippen molar-refractivity contribution in [2.45, 2.75) is 33.4 Å². The van der Waals surface area contributed by atoms with E-state index in [4.69, 9.17) is 8.37 Å². The summed E-state index contributed by atoms with van der Waals surface area (Å²) in [4.78, 5) is 1.41. The average Bonchev–Trinajstić information content (AvgIpc) is 2.89. The van der Waals surface area contributed by atoms with Crippen LogP contribution in [0, 0.1) is 36.5 Å². The molecule has 0 aliphatic carbocycles. The summed E-state index contributed by atoms with van der Waals surface area (Å²) in [7, 11) is -7.82. The Morgan fingerprint density at radius 2 is 1.00 bits per heavy atom. The number of hydrogen-bond acceptors (Lipinski definition) is 10. The maximum atomic E-state index is 12.4. The van der Waals surface area contributed by atoms with Gasteiger partial charge in [0.2, 0.25) is 0 Å². The zero-order valence-corrected chi connectivity index (χ0v) is 23.8. The van der Waals surface area contributed by atoms with Crippen molar-refractivity contribution in [3.05, 3.63) is 82.9 Å². The topological polar surface area (TPSA) is 134 Å². The van der Waals surface area contributed by atoms with Crippen LogP contribution < -0.4 is 0 Å². The van der Waals surface area contributed by atoms with Gasteiger partial charge in [0.05, 0.1) is 34.1 Å². The third-order valence-corrected chi connectivity index (χ3v) is 9.92. The molecule has 0 amide bonds. The van der Waals surface area contributed by atoms with Gasteiger partial charge in [0.1, 0.15) is 12.1 Å². The Morgan fingerprint density at radius 1 is 0.658 bits per heavy atom. The highest BCUT2D eigenvalue weighted by Crippen LogP contribution is 2.34. The van der Waals surface area contributed by atoms with E-state index in [0.29, 0.717) is 9.79 Å². The molecule has 38 heavy (non-hydrogen) atoms. The van der Waals surface area contributed by atoms with Crippen LogP contribution in [0.15, 0.2) is 80.2 Å². The van der Waals surface area contributed by atoms with Gasteiger partial charge in [-0.1, -0.05) is 35.4 Å². The zero-order valence-electron chi connectivity index (χ0n) is 20.6. The molecule has 0 heterocycles. The molecule has 0 atom stereocenters. The summed E-state index contributed by atoms with van der Waals surface area (Å²) in [5, 5.41) is 18.8. The highest BCUT2D eigenvalue weighted by molar-refractivity contribution is 8.02. The van der Waals surface area contributed by atoms with E-state index >= 15 is 0 Å². The number of aryl methyl sites for hydroxylation is 2. The van der Waals surface area contributed by atoms with Crippen LogP contribution in [0.25, 0.3) is 0 Å². The van der Waals surface area contributed by atoms with Gasteiger partial charge in [0.15, 0.2) is 0 Å². The predicted octanol–water partition coefficient (Wildman–Crippen LogP) is 5.04. The lowest BCUT2D eigenvalue weighted by Gasteiger charge is -2.12. The van der Waals surface area contributed by atoms with Crippen LogP contribution >= 0.6 is 23.5 Å². The van der Waals surface area contributed by atoms with E-state index in [1.165, 1.54) is 47.8 Å². The number of benzene rings is 3. The normalized spacial score (nSPS) is 11.6. The summed E-state index contributed by atoms with van der Waals surface area (Å²) in [6, 6.07) is 19.8. The first-order valence-electron chi connectivity index (χ1n) is 11.2. The van der Waals surface area contributed by atoms with Crippen LogP contribution in [-0.4, -0.2) is 41.6 Å². The number of thioether (sulfide) groups is 2. The van der Waals surface area contributed by atoms with Crippen molar-refractivity contribution >= 4 is 43.8 Å². The standard InChI is InChI=1S/C26H24N2O6S4/c1-19-3-7-23(8-4-19)37(29,30)33-11-13-35-25-15-21(17-27)22(18-28)16-26(25)36-14-12-34-38(31,32)24-9-5-20(2)6-10-24/h3-10,15-16H,11-14H2,1-2H3. The summed E-state index contributed by atoms with van der Waals surface area (Å²) in [5.41, 5.74) is 2.23. The van der Waals surface area contributed by atoms with Gasteiger partial charge in [-0.2, -0.15) is 27.4 Å². The quantitative estimate of drug-likeness (QED) is 0.161. The number of rotatable bonds is 12. The molecule has 0 aliphatic heterocycles. The second-order valence-electron chi connectivity index (χ2n) is 7.94. The van der Waals surface area contributed by atoms with Crippen molar-refractivity contribution in [2.24, 2.45) is 0 Å². The average molecular weight is 589 g/mol. The fourth-order valence-corrected chi connectivity index (χ4v) is 7.07. The fourth-order valence-electron chi connectivity index (χ4n) is 3.11. The molecule has 0 fully saturated rings. The first kappa shape index (κ1) is 29.7.